The fourth-order valence-electron chi connectivity index (χ4n) is 3.16. The number of carbonyl (C=O) groups excluding carboxylic acids is 1. The Hall–Kier alpha value is -2.66. The van der Waals surface area contributed by atoms with Gasteiger partial charge in [-0.2, -0.15) is 0 Å². The Balaban J connectivity index is 1.74. The Morgan fingerprint density at radius 2 is 1.85 bits per heavy atom. The van der Waals surface area contributed by atoms with Gasteiger partial charge >= 0.3 is 0 Å². The van der Waals surface area contributed by atoms with E-state index in [0.717, 1.165) is 38.8 Å². The second-order valence-corrected chi connectivity index (χ2v) is 7.43. The van der Waals surface area contributed by atoms with E-state index in [1.165, 1.54) is 16.9 Å². The first-order valence-electron chi connectivity index (χ1n) is 9.02. The molecular formula is C22H24N2O2S. The van der Waals surface area contributed by atoms with Crippen LogP contribution < -0.4 is 10.1 Å². The van der Waals surface area contributed by atoms with Crippen molar-refractivity contribution in [2.45, 2.75) is 34.1 Å². The van der Waals surface area contributed by atoms with Crippen molar-refractivity contribution in [1.29, 1.82) is 0 Å². The SMILES string of the molecule is CCOc1ccccc1-c1nc(CC(=O)Nc2c(C)cc(C)cc2C)cs1. The van der Waals surface area contributed by atoms with E-state index >= 15 is 0 Å². The van der Waals surface area contributed by atoms with Gasteiger partial charge in [0.2, 0.25) is 5.91 Å². The topological polar surface area (TPSA) is 51.2 Å². The molecule has 27 heavy (non-hydrogen) atoms. The van der Waals surface area contributed by atoms with Gasteiger partial charge in [-0.3, -0.25) is 4.79 Å². The molecule has 0 saturated carbocycles. The molecule has 0 spiro atoms. The first-order chi connectivity index (χ1) is 13.0. The minimum Gasteiger partial charge on any atom is -0.493 e. The Kier molecular flexibility index (Phi) is 5.91. The summed E-state index contributed by atoms with van der Waals surface area (Å²) >= 11 is 1.53. The number of nitrogens with one attached hydrogen (secondary N) is 1. The monoisotopic (exact) mass is 380 g/mol. The van der Waals surface area contributed by atoms with Crippen molar-refractivity contribution in [2.75, 3.05) is 11.9 Å². The molecule has 2 aromatic carbocycles. The highest BCUT2D eigenvalue weighted by Gasteiger charge is 2.14. The molecule has 1 N–H and O–H groups in total. The Bertz CT molecular complexity index is 939. The lowest BCUT2D eigenvalue weighted by Gasteiger charge is -2.12. The van der Waals surface area contributed by atoms with Crippen molar-refractivity contribution < 1.29 is 9.53 Å². The number of carbonyl (C=O) groups is 1. The Morgan fingerprint density at radius 1 is 1.15 bits per heavy atom. The predicted octanol–water partition coefficient (Wildman–Crippen LogP) is 5.32. The molecule has 1 aromatic heterocycles. The molecule has 3 aromatic rings. The summed E-state index contributed by atoms with van der Waals surface area (Å²) in [4.78, 5) is 17.2. The molecule has 0 unspecified atom stereocenters. The molecule has 4 nitrogen and oxygen atoms in total. The highest BCUT2D eigenvalue weighted by atomic mass is 32.1. The quantitative estimate of drug-likeness (QED) is 0.630. The van der Waals surface area contributed by atoms with Crippen LogP contribution in [-0.2, 0) is 11.2 Å². The van der Waals surface area contributed by atoms with Crippen molar-refractivity contribution in [1.82, 2.24) is 4.98 Å². The summed E-state index contributed by atoms with van der Waals surface area (Å²) < 4.78 is 5.68. The number of hydrogen-bond acceptors (Lipinski definition) is 4. The lowest BCUT2D eigenvalue weighted by atomic mass is 10.0. The standard InChI is InChI=1S/C22H24N2O2S/c1-5-26-19-9-7-6-8-18(19)22-23-17(13-27-22)12-20(25)24-21-15(3)10-14(2)11-16(21)4/h6-11,13H,5,12H2,1-4H3,(H,24,25). The maximum absolute atomic E-state index is 12.5. The molecule has 1 amide bonds. The van der Waals surface area contributed by atoms with Gasteiger partial charge < -0.3 is 10.1 Å². The van der Waals surface area contributed by atoms with Gasteiger partial charge in [0.25, 0.3) is 0 Å². The van der Waals surface area contributed by atoms with Gasteiger partial charge in [0.05, 0.1) is 24.3 Å². The number of anilines is 1. The van der Waals surface area contributed by atoms with E-state index in [1.807, 2.05) is 50.4 Å². The first kappa shape index (κ1) is 19.1. The number of ether oxygens (including phenoxy) is 1. The van der Waals surface area contributed by atoms with Gasteiger partial charge in [0, 0.05) is 11.1 Å². The molecule has 3 rings (SSSR count). The average molecular weight is 381 g/mol. The Labute approximate surface area is 164 Å². The van der Waals surface area contributed by atoms with Crippen LogP contribution in [-0.4, -0.2) is 17.5 Å². The number of aryl methyl sites for hydroxylation is 3. The van der Waals surface area contributed by atoms with Crippen LogP contribution in [0, 0.1) is 20.8 Å². The summed E-state index contributed by atoms with van der Waals surface area (Å²) in [5, 5.41) is 5.84. The van der Waals surface area contributed by atoms with Crippen LogP contribution in [0.15, 0.2) is 41.8 Å². The van der Waals surface area contributed by atoms with Crippen molar-refractivity contribution >= 4 is 22.9 Å². The fourth-order valence-corrected chi connectivity index (χ4v) is 4.01. The molecule has 0 saturated heterocycles. The minimum absolute atomic E-state index is 0.0556. The van der Waals surface area contributed by atoms with Gasteiger partial charge in [-0.15, -0.1) is 11.3 Å². The van der Waals surface area contributed by atoms with Crippen LogP contribution in [0.25, 0.3) is 10.6 Å². The van der Waals surface area contributed by atoms with E-state index in [0.29, 0.717) is 6.61 Å². The summed E-state index contributed by atoms with van der Waals surface area (Å²) in [5.74, 6) is 0.760. The number of rotatable bonds is 6. The summed E-state index contributed by atoms with van der Waals surface area (Å²) in [5.41, 5.74) is 5.96. The van der Waals surface area contributed by atoms with E-state index < -0.39 is 0 Å². The number of aromatic nitrogens is 1. The second kappa shape index (κ2) is 8.35. The molecule has 5 heteroatoms. The van der Waals surface area contributed by atoms with Crippen LogP contribution in [0.2, 0.25) is 0 Å². The van der Waals surface area contributed by atoms with Crippen LogP contribution in [0.3, 0.4) is 0 Å². The third-order valence-electron chi connectivity index (χ3n) is 4.25. The third kappa shape index (κ3) is 4.55. The van der Waals surface area contributed by atoms with E-state index in [1.54, 1.807) is 0 Å². The van der Waals surface area contributed by atoms with Crippen molar-refractivity contribution in [3.63, 3.8) is 0 Å². The minimum atomic E-state index is -0.0556. The van der Waals surface area contributed by atoms with Crippen LogP contribution in [0.4, 0.5) is 5.69 Å². The summed E-state index contributed by atoms with van der Waals surface area (Å²) in [7, 11) is 0. The van der Waals surface area contributed by atoms with Crippen LogP contribution in [0.5, 0.6) is 5.75 Å². The molecule has 1 heterocycles. The summed E-state index contributed by atoms with van der Waals surface area (Å²) in [6.45, 7) is 8.65. The zero-order chi connectivity index (χ0) is 19.4. The number of nitrogens with zero attached hydrogens (tertiary/aromatic N) is 1. The zero-order valence-corrected chi connectivity index (χ0v) is 16.9. The molecule has 0 radical (unpaired) electrons. The molecule has 0 fully saturated rings. The van der Waals surface area contributed by atoms with Crippen LogP contribution >= 0.6 is 11.3 Å². The largest absolute Gasteiger partial charge is 0.493 e. The molecule has 0 bridgehead atoms. The maximum atomic E-state index is 12.5. The van der Waals surface area contributed by atoms with Crippen molar-refractivity contribution in [3.8, 4) is 16.3 Å². The lowest BCUT2D eigenvalue weighted by molar-refractivity contribution is -0.115. The first-order valence-corrected chi connectivity index (χ1v) is 9.90. The molecule has 0 aliphatic rings. The van der Waals surface area contributed by atoms with E-state index in [-0.39, 0.29) is 12.3 Å². The van der Waals surface area contributed by atoms with Crippen LogP contribution in [0.1, 0.15) is 29.3 Å². The number of amides is 1. The molecule has 140 valence electrons. The van der Waals surface area contributed by atoms with Gasteiger partial charge in [-0.05, 0) is 51.0 Å². The van der Waals surface area contributed by atoms with Gasteiger partial charge in [0.15, 0.2) is 0 Å². The lowest BCUT2D eigenvalue weighted by Crippen LogP contribution is -2.16. The molecule has 0 aliphatic heterocycles. The third-order valence-corrected chi connectivity index (χ3v) is 5.18. The number of benzene rings is 2. The molecule has 0 atom stereocenters. The van der Waals surface area contributed by atoms with Gasteiger partial charge in [-0.25, -0.2) is 4.98 Å². The number of hydrogen-bond donors (Lipinski definition) is 1. The average Bonchev–Trinajstić information content (AvgIpc) is 3.07. The molecule has 0 aliphatic carbocycles. The van der Waals surface area contributed by atoms with E-state index in [2.05, 4.69) is 29.4 Å². The normalized spacial score (nSPS) is 10.7. The summed E-state index contributed by atoms with van der Waals surface area (Å²) in [6.07, 6.45) is 0.250. The summed E-state index contributed by atoms with van der Waals surface area (Å²) in [6, 6.07) is 12.0. The maximum Gasteiger partial charge on any atom is 0.230 e. The Morgan fingerprint density at radius 3 is 2.56 bits per heavy atom. The highest BCUT2D eigenvalue weighted by molar-refractivity contribution is 7.13. The number of para-hydroxylation sites is 1. The second-order valence-electron chi connectivity index (χ2n) is 6.57. The van der Waals surface area contributed by atoms with Crippen molar-refractivity contribution in [3.05, 3.63) is 64.2 Å². The van der Waals surface area contributed by atoms with E-state index in [4.69, 9.17) is 4.74 Å². The van der Waals surface area contributed by atoms with Crippen molar-refractivity contribution in [2.24, 2.45) is 0 Å². The molecular weight excluding hydrogens is 356 g/mol. The zero-order valence-electron chi connectivity index (χ0n) is 16.1. The number of thiazole rings is 1. The predicted molar refractivity (Wildman–Crippen MR) is 112 cm³/mol. The smallest absolute Gasteiger partial charge is 0.230 e. The van der Waals surface area contributed by atoms with Gasteiger partial charge in [-0.1, -0.05) is 29.8 Å². The fraction of sp³-hybridized carbons (Fsp3) is 0.273. The van der Waals surface area contributed by atoms with E-state index in [9.17, 15) is 4.79 Å². The highest BCUT2D eigenvalue weighted by Crippen LogP contribution is 2.32. The van der Waals surface area contributed by atoms with Gasteiger partial charge in [0.1, 0.15) is 10.8 Å².